The maximum atomic E-state index is 5.49. The van der Waals surface area contributed by atoms with Gasteiger partial charge in [0.2, 0.25) is 0 Å². The number of nitrogens with zero attached hydrogens (tertiary/aromatic N) is 2. The molecule has 1 saturated carbocycles. The Morgan fingerprint density at radius 1 is 1.56 bits per heavy atom. The lowest BCUT2D eigenvalue weighted by molar-refractivity contribution is 0.188. The van der Waals surface area contributed by atoms with Crippen molar-refractivity contribution in [2.45, 2.75) is 38.8 Å². The van der Waals surface area contributed by atoms with Crippen molar-refractivity contribution in [3.63, 3.8) is 0 Å². The van der Waals surface area contributed by atoms with Crippen LogP contribution in [0, 0.1) is 0 Å². The summed E-state index contributed by atoms with van der Waals surface area (Å²) in [7, 11) is 2.14. The molecule has 0 saturated heterocycles. The standard InChI is InChI=1S/C13H23N3O2/c1-3-6-14-9-11-10-18-13(15-11)17-8-7-16(2)12-4-5-12/h10,12,14H,3-9H2,1-2H3. The molecule has 18 heavy (non-hydrogen) atoms. The number of nitrogens with one attached hydrogen (secondary N) is 1. The van der Waals surface area contributed by atoms with Gasteiger partial charge in [0.05, 0.1) is 5.69 Å². The highest BCUT2D eigenvalue weighted by Crippen LogP contribution is 2.24. The van der Waals surface area contributed by atoms with E-state index in [2.05, 4.69) is 29.2 Å². The lowest BCUT2D eigenvalue weighted by Crippen LogP contribution is -2.26. The van der Waals surface area contributed by atoms with Crippen LogP contribution in [0.1, 0.15) is 31.9 Å². The summed E-state index contributed by atoms with van der Waals surface area (Å²) in [4.78, 5) is 6.60. The molecule has 5 heteroatoms. The zero-order valence-electron chi connectivity index (χ0n) is 11.3. The quantitative estimate of drug-likeness (QED) is 0.678. The normalized spacial score (nSPS) is 15.3. The second-order valence-corrected chi connectivity index (χ2v) is 4.84. The topological polar surface area (TPSA) is 50.5 Å². The zero-order valence-corrected chi connectivity index (χ0v) is 11.3. The Hall–Kier alpha value is -1.07. The first-order valence-electron chi connectivity index (χ1n) is 6.77. The minimum atomic E-state index is 0.382. The molecule has 1 fully saturated rings. The van der Waals surface area contributed by atoms with Crippen molar-refractivity contribution in [1.29, 1.82) is 0 Å². The Bertz CT molecular complexity index is 350. The van der Waals surface area contributed by atoms with E-state index < -0.39 is 0 Å². The van der Waals surface area contributed by atoms with Crippen molar-refractivity contribution in [3.8, 4) is 6.08 Å². The van der Waals surface area contributed by atoms with Gasteiger partial charge >= 0.3 is 6.08 Å². The average molecular weight is 253 g/mol. The van der Waals surface area contributed by atoms with Crippen molar-refractivity contribution in [1.82, 2.24) is 15.2 Å². The summed E-state index contributed by atoms with van der Waals surface area (Å²) in [5, 5.41) is 3.28. The number of hydrogen-bond donors (Lipinski definition) is 1. The van der Waals surface area contributed by atoms with E-state index in [0.29, 0.717) is 12.7 Å². The summed E-state index contributed by atoms with van der Waals surface area (Å²) in [6.45, 7) is 5.43. The Morgan fingerprint density at radius 2 is 2.39 bits per heavy atom. The molecular weight excluding hydrogens is 230 g/mol. The first kappa shape index (κ1) is 13.4. The smallest absolute Gasteiger partial charge is 0.393 e. The molecule has 1 aliphatic carbocycles. The Balaban J connectivity index is 1.63. The van der Waals surface area contributed by atoms with Gasteiger partial charge in [0, 0.05) is 19.1 Å². The highest BCUT2D eigenvalue weighted by atomic mass is 16.6. The van der Waals surface area contributed by atoms with Gasteiger partial charge in [-0.15, -0.1) is 0 Å². The van der Waals surface area contributed by atoms with Crippen molar-refractivity contribution in [3.05, 3.63) is 12.0 Å². The van der Waals surface area contributed by atoms with Gasteiger partial charge in [0.1, 0.15) is 12.9 Å². The Morgan fingerprint density at radius 3 is 3.11 bits per heavy atom. The molecule has 0 bridgehead atoms. The number of likely N-dealkylation sites (N-methyl/N-ethyl adjacent to an activating group) is 1. The molecule has 1 N–H and O–H groups in total. The van der Waals surface area contributed by atoms with Crippen LogP contribution in [0.2, 0.25) is 0 Å². The van der Waals surface area contributed by atoms with Crippen LogP contribution < -0.4 is 10.1 Å². The third-order valence-corrected chi connectivity index (χ3v) is 3.10. The number of rotatable bonds is 9. The number of oxazole rings is 1. The van der Waals surface area contributed by atoms with Gasteiger partial charge in [-0.2, -0.15) is 4.98 Å². The minimum Gasteiger partial charge on any atom is -0.449 e. The van der Waals surface area contributed by atoms with E-state index >= 15 is 0 Å². The Labute approximate surface area is 109 Å². The number of ether oxygens (including phenoxy) is 1. The maximum absolute atomic E-state index is 5.49. The summed E-state index contributed by atoms with van der Waals surface area (Å²) in [6.07, 6.45) is 5.80. The van der Waals surface area contributed by atoms with Crippen LogP contribution in [0.3, 0.4) is 0 Å². The molecule has 102 valence electrons. The molecule has 2 rings (SSSR count). The van der Waals surface area contributed by atoms with E-state index in [1.165, 1.54) is 12.8 Å². The fourth-order valence-electron chi connectivity index (χ4n) is 1.80. The first-order chi connectivity index (χ1) is 8.79. The van der Waals surface area contributed by atoms with Crippen LogP contribution in [0.25, 0.3) is 0 Å². The second-order valence-electron chi connectivity index (χ2n) is 4.84. The molecule has 1 aromatic rings. The third kappa shape index (κ3) is 4.31. The molecule has 0 spiro atoms. The molecule has 1 aliphatic rings. The fourth-order valence-corrected chi connectivity index (χ4v) is 1.80. The van der Waals surface area contributed by atoms with E-state index in [1.54, 1.807) is 6.26 Å². The van der Waals surface area contributed by atoms with Crippen LogP contribution in [0.15, 0.2) is 10.7 Å². The number of hydrogen-bond acceptors (Lipinski definition) is 5. The van der Waals surface area contributed by atoms with Gasteiger partial charge in [-0.3, -0.25) is 0 Å². The zero-order chi connectivity index (χ0) is 12.8. The van der Waals surface area contributed by atoms with Gasteiger partial charge < -0.3 is 19.4 Å². The fraction of sp³-hybridized carbons (Fsp3) is 0.769. The molecule has 0 radical (unpaired) electrons. The molecule has 0 atom stereocenters. The summed E-state index contributed by atoms with van der Waals surface area (Å²) in [5.74, 6) is 0. The average Bonchev–Trinajstić information content (AvgIpc) is 3.12. The van der Waals surface area contributed by atoms with Crippen LogP contribution in [-0.2, 0) is 6.54 Å². The highest BCUT2D eigenvalue weighted by Gasteiger charge is 2.25. The molecular formula is C13H23N3O2. The van der Waals surface area contributed by atoms with E-state index in [9.17, 15) is 0 Å². The van der Waals surface area contributed by atoms with E-state index in [4.69, 9.17) is 9.15 Å². The van der Waals surface area contributed by atoms with Gasteiger partial charge in [-0.05, 0) is 32.9 Å². The van der Waals surface area contributed by atoms with Crippen molar-refractivity contribution < 1.29 is 9.15 Å². The predicted molar refractivity (Wildman–Crippen MR) is 69.6 cm³/mol. The van der Waals surface area contributed by atoms with E-state index in [1.807, 2.05) is 0 Å². The summed E-state index contributed by atoms with van der Waals surface area (Å²) < 4.78 is 10.8. The third-order valence-electron chi connectivity index (χ3n) is 3.10. The molecule has 0 amide bonds. The highest BCUT2D eigenvalue weighted by molar-refractivity contribution is 4.99. The minimum absolute atomic E-state index is 0.382. The summed E-state index contributed by atoms with van der Waals surface area (Å²) >= 11 is 0. The molecule has 1 heterocycles. The molecule has 0 aromatic carbocycles. The van der Waals surface area contributed by atoms with Crippen molar-refractivity contribution in [2.75, 3.05) is 26.7 Å². The lowest BCUT2D eigenvalue weighted by atomic mass is 10.4. The van der Waals surface area contributed by atoms with Crippen LogP contribution in [0.4, 0.5) is 0 Å². The van der Waals surface area contributed by atoms with Crippen LogP contribution >= 0.6 is 0 Å². The Kier molecular flexibility index (Phi) is 5.01. The molecule has 0 unspecified atom stereocenters. The van der Waals surface area contributed by atoms with Gasteiger partial charge in [0.15, 0.2) is 0 Å². The SMILES string of the molecule is CCCNCc1coc(OCCN(C)C2CC2)n1. The van der Waals surface area contributed by atoms with Gasteiger partial charge in [-0.1, -0.05) is 6.92 Å². The molecule has 5 nitrogen and oxygen atoms in total. The van der Waals surface area contributed by atoms with E-state index in [-0.39, 0.29) is 0 Å². The molecule has 0 aliphatic heterocycles. The second kappa shape index (κ2) is 6.75. The lowest BCUT2D eigenvalue weighted by Gasteiger charge is -2.14. The number of aromatic nitrogens is 1. The van der Waals surface area contributed by atoms with Gasteiger partial charge in [0.25, 0.3) is 0 Å². The van der Waals surface area contributed by atoms with E-state index in [0.717, 1.165) is 37.8 Å². The van der Waals surface area contributed by atoms with Crippen LogP contribution in [0.5, 0.6) is 6.08 Å². The predicted octanol–water partition coefficient (Wildman–Crippen LogP) is 1.65. The van der Waals surface area contributed by atoms with Crippen LogP contribution in [-0.4, -0.2) is 42.7 Å². The largest absolute Gasteiger partial charge is 0.449 e. The first-order valence-corrected chi connectivity index (χ1v) is 6.77. The monoisotopic (exact) mass is 253 g/mol. The summed E-state index contributed by atoms with van der Waals surface area (Å²) in [6, 6.07) is 0.770. The molecule has 1 aromatic heterocycles. The summed E-state index contributed by atoms with van der Waals surface area (Å²) in [5.41, 5.74) is 0.897. The van der Waals surface area contributed by atoms with Crippen molar-refractivity contribution in [2.24, 2.45) is 0 Å². The maximum Gasteiger partial charge on any atom is 0.393 e. The van der Waals surface area contributed by atoms with Crippen molar-refractivity contribution >= 4 is 0 Å². The van der Waals surface area contributed by atoms with Gasteiger partial charge in [-0.25, -0.2) is 0 Å².